The van der Waals surface area contributed by atoms with Crippen LogP contribution in [0.3, 0.4) is 0 Å². The largest absolute Gasteiger partial charge is 0.460 e. The van der Waals surface area contributed by atoms with Crippen molar-refractivity contribution in [3.63, 3.8) is 0 Å². The van der Waals surface area contributed by atoms with E-state index in [9.17, 15) is 9.59 Å². The Hall–Kier alpha value is -1.90. The number of carbonyl (C=O) groups is 1. The molecule has 1 aliphatic carbocycles. The number of fused-ring (bicyclic) bond motifs is 2. The van der Waals surface area contributed by atoms with Crippen molar-refractivity contribution in [1.82, 2.24) is 0 Å². The summed E-state index contributed by atoms with van der Waals surface area (Å²) in [7, 11) is 0. The van der Waals surface area contributed by atoms with Crippen LogP contribution >= 0.6 is 0 Å². The minimum absolute atomic E-state index is 0.0179. The molecule has 1 aliphatic rings. The van der Waals surface area contributed by atoms with Crippen LogP contribution in [-0.4, -0.2) is 5.78 Å². The number of para-hydroxylation sites is 1. The molecule has 0 spiro atoms. The van der Waals surface area contributed by atoms with E-state index < -0.39 is 0 Å². The standard InChI is InChI=1S/C13H10O3/c14-8-5-6-10-12(7-8)16-11-4-2-1-3-9(11)13(10)15/h1-4H,5-7H2. The SMILES string of the molecule is O=C1CCc2c(oc3ccccc3c2=O)C1. The van der Waals surface area contributed by atoms with E-state index in [0.29, 0.717) is 35.1 Å². The summed E-state index contributed by atoms with van der Waals surface area (Å²) < 4.78 is 5.61. The Balaban J connectivity index is 2.37. The Labute approximate surface area is 91.7 Å². The van der Waals surface area contributed by atoms with Crippen molar-refractivity contribution >= 4 is 16.8 Å². The highest BCUT2D eigenvalue weighted by molar-refractivity contribution is 5.84. The highest BCUT2D eigenvalue weighted by Gasteiger charge is 2.21. The summed E-state index contributed by atoms with van der Waals surface area (Å²) in [5.41, 5.74) is 1.27. The Kier molecular flexibility index (Phi) is 1.93. The van der Waals surface area contributed by atoms with E-state index in [1.807, 2.05) is 12.1 Å². The first kappa shape index (κ1) is 9.33. The first-order valence-electron chi connectivity index (χ1n) is 5.31. The quantitative estimate of drug-likeness (QED) is 0.672. The third-order valence-corrected chi connectivity index (χ3v) is 2.99. The molecule has 2 aromatic rings. The second-order valence-electron chi connectivity index (χ2n) is 4.04. The molecule has 0 saturated carbocycles. The predicted octanol–water partition coefficient (Wildman–Crippen LogP) is 1.85. The van der Waals surface area contributed by atoms with Crippen LogP contribution in [0.1, 0.15) is 17.7 Å². The molecular weight excluding hydrogens is 204 g/mol. The van der Waals surface area contributed by atoms with Crippen molar-refractivity contribution in [2.24, 2.45) is 0 Å². The summed E-state index contributed by atoms with van der Waals surface area (Å²) in [6.45, 7) is 0. The Morgan fingerprint density at radius 3 is 2.75 bits per heavy atom. The van der Waals surface area contributed by atoms with E-state index in [0.717, 1.165) is 0 Å². The molecule has 80 valence electrons. The van der Waals surface area contributed by atoms with Crippen LogP contribution in [0, 0.1) is 0 Å². The average molecular weight is 214 g/mol. The summed E-state index contributed by atoms with van der Waals surface area (Å²) >= 11 is 0. The molecule has 1 heterocycles. The highest BCUT2D eigenvalue weighted by Crippen LogP contribution is 2.21. The number of Topliss-reactive ketones (excluding diaryl/α,β-unsaturated/α-hetero) is 1. The minimum Gasteiger partial charge on any atom is -0.460 e. The smallest absolute Gasteiger partial charge is 0.196 e. The first-order valence-corrected chi connectivity index (χ1v) is 5.31. The lowest BCUT2D eigenvalue weighted by molar-refractivity contribution is -0.119. The summed E-state index contributed by atoms with van der Waals surface area (Å²) in [4.78, 5) is 23.4. The first-order chi connectivity index (χ1) is 7.75. The van der Waals surface area contributed by atoms with Crippen molar-refractivity contribution in [3.05, 3.63) is 45.8 Å². The molecule has 3 rings (SSSR count). The molecule has 0 atom stereocenters. The number of rotatable bonds is 0. The molecule has 0 aliphatic heterocycles. The second-order valence-corrected chi connectivity index (χ2v) is 4.04. The van der Waals surface area contributed by atoms with Crippen molar-refractivity contribution in [2.45, 2.75) is 19.3 Å². The molecule has 0 saturated heterocycles. The van der Waals surface area contributed by atoms with Gasteiger partial charge in [0.1, 0.15) is 17.1 Å². The van der Waals surface area contributed by atoms with E-state index in [-0.39, 0.29) is 17.6 Å². The van der Waals surface area contributed by atoms with Gasteiger partial charge in [0, 0.05) is 12.0 Å². The maximum atomic E-state index is 12.1. The van der Waals surface area contributed by atoms with Crippen molar-refractivity contribution < 1.29 is 9.21 Å². The summed E-state index contributed by atoms with van der Waals surface area (Å²) in [6, 6.07) is 7.16. The van der Waals surface area contributed by atoms with Gasteiger partial charge in [0.2, 0.25) is 0 Å². The monoisotopic (exact) mass is 214 g/mol. The summed E-state index contributed by atoms with van der Waals surface area (Å²) in [6.07, 6.45) is 1.23. The number of hydrogen-bond acceptors (Lipinski definition) is 3. The Bertz CT molecular complexity index is 637. The molecule has 0 bridgehead atoms. The fraction of sp³-hybridized carbons (Fsp3) is 0.231. The Morgan fingerprint density at radius 1 is 1.06 bits per heavy atom. The van der Waals surface area contributed by atoms with Crippen LogP contribution in [-0.2, 0) is 17.6 Å². The maximum Gasteiger partial charge on any atom is 0.196 e. The van der Waals surface area contributed by atoms with E-state index >= 15 is 0 Å². The molecule has 3 heteroatoms. The van der Waals surface area contributed by atoms with E-state index in [1.165, 1.54) is 0 Å². The summed E-state index contributed by atoms with van der Waals surface area (Å²) in [5, 5.41) is 0.607. The second kappa shape index (κ2) is 3.30. The summed E-state index contributed by atoms with van der Waals surface area (Å²) in [5.74, 6) is 0.700. The molecule has 1 aromatic heterocycles. The molecule has 16 heavy (non-hydrogen) atoms. The van der Waals surface area contributed by atoms with Gasteiger partial charge in [-0.25, -0.2) is 0 Å². The third kappa shape index (κ3) is 1.28. The van der Waals surface area contributed by atoms with E-state index in [2.05, 4.69) is 0 Å². The van der Waals surface area contributed by atoms with Gasteiger partial charge in [-0.1, -0.05) is 12.1 Å². The lowest BCUT2D eigenvalue weighted by atomic mass is 9.95. The molecular formula is C13H10O3. The van der Waals surface area contributed by atoms with Gasteiger partial charge in [0.25, 0.3) is 0 Å². The van der Waals surface area contributed by atoms with Crippen molar-refractivity contribution in [1.29, 1.82) is 0 Å². The van der Waals surface area contributed by atoms with E-state index in [4.69, 9.17) is 4.42 Å². The van der Waals surface area contributed by atoms with Crippen molar-refractivity contribution in [3.8, 4) is 0 Å². The van der Waals surface area contributed by atoms with Crippen LogP contribution in [0.25, 0.3) is 11.0 Å². The van der Waals surface area contributed by atoms with Crippen LogP contribution in [0.15, 0.2) is 33.5 Å². The lowest BCUT2D eigenvalue weighted by Crippen LogP contribution is -2.21. The zero-order valence-corrected chi connectivity index (χ0v) is 8.66. The van der Waals surface area contributed by atoms with Crippen LogP contribution < -0.4 is 5.43 Å². The maximum absolute atomic E-state index is 12.1. The molecule has 0 unspecified atom stereocenters. The average Bonchev–Trinajstić information content (AvgIpc) is 2.29. The van der Waals surface area contributed by atoms with Crippen LogP contribution in [0.5, 0.6) is 0 Å². The molecule has 0 N–H and O–H groups in total. The lowest BCUT2D eigenvalue weighted by Gasteiger charge is -2.13. The molecule has 0 radical (unpaired) electrons. The molecule has 1 aromatic carbocycles. The molecule has 0 amide bonds. The number of benzene rings is 1. The highest BCUT2D eigenvalue weighted by atomic mass is 16.3. The number of hydrogen-bond donors (Lipinski definition) is 0. The third-order valence-electron chi connectivity index (χ3n) is 2.99. The minimum atomic E-state index is 0.0179. The number of carbonyl (C=O) groups excluding carboxylic acids is 1. The zero-order valence-electron chi connectivity index (χ0n) is 8.66. The van der Waals surface area contributed by atoms with Gasteiger partial charge in [-0.05, 0) is 18.6 Å². The molecule has 0 fully saturated rings. The van der Waals surface area contributed by atoms with Gasteiger partial charge in [0.05, 0.1) is 11.8 Å². The fourth-order valence-corrected chi connectivity index (χ4v) is 2.15. The molecule has 3 nitrogen and oxygen atoms in total. The van der Waals surface area contributed by atoms with Gasteiger partial charge in [0.15, 0.2) is 5.43 Å². The van der Waals surface area contributed by atoms with E-state index in [1.54, 1.807) is 12.1 Å². The topological polar surface area (TPSA) is 47.3 Å². The predicted molar refractivity (Wildman–Crippen MR) is 59.5 cm³/mol. The zero-order chi connectivity index (χ0) is 11.1. The van der Waals surface area contributed by atoms with Crippen molar-refractivity contribution in [2.75, 3.05) is 0 Å². The number of ketones is 1. The fourth-order valence-electron chi connectivity index (χ4n) is 2.15. The van der Waals surface area contributed by atoms with Gasteiger partial charge in [-0.3, -0.25) is 9.59 Å². The van der Waals surface area contributed by atoms with Crippen LogP contribution in [0.4, 0.5) is 0 Å². The van der Waals surface area contributed by atoms with Gasteiger partial charge < -0.3 is 4.42 Å². The van der Waals surface area contributed by atoms with Gasteiger partial charge >= 0.3 is 0 Å². The van der Waals surface area contributed by atoms with Crippen LogP contribution in [0.2, 0.25) is 0 Å². The van der Waals surface area contributed by atoms with Gasteiger partial charge in [-0.15, -0.1) is 0 Å². The normalized spacial score (nSPS) is 15.1. The van der Waals surface area contributed by atoms with Gasteiger partial charge in [-0.2, -0.15) is 0 Å². The Morgan fingerprint density at radius 2 is 1.88 bits per heavy atom.